The number of fused-ring (bicyclic) bond motifs is 1. The van der Waals surface area contributed by atoms with Gasteiger partial charge in [0.25, 0.3) is 0 Å². The minimum atomic E-state index is -0.911. The lowest BCUT2D eigenvalue weighted by atomic mass is 10.1. The molecule has 1 amide bonds. The molecule has 2 N–H and O–H groups in total. The van der Waals surface area contributed by atoms with Crippen LogP contribution in [-0.4, -0.2) is 23.0 Å². The number of rotatable bonds is 6. The van der Waals surface area contributed by atoms with E-state index in [1.807, 2.05) is 32.0 Å². The zero-order valence-electron chi connectivity index (χ0n) is 12.2. The Bertz CT molecular complexity index is 659. The van der Waals surface area contributed by atoms with Crippen molar-refractivity contribution >= 4 is 22.8 Å². The fraction of sp³-hybridized carbons (Fsp3) is 0.375. The maximum atomic E-state index is 12.0. The normalized spacial score (nSPS) is 12.3. The van der Waals surface area contributed by atoms with E-state index in [1.165, 1.54) is 0 Å². The van der Waals surface area contributed by atoms with E-state index in [4.69, 9.17) is 9.52 Å². The number of hydrogen-bond acceptors (Lipinski definition) is 3. The summed E-state index contributed by atoms with van der Waals surface area (Å²) in [6.07, 6.45) is 2.30. The maximum absolute atomic E-state index is 12.0. The van der Waals surface area contributed by atoms with Crippen LogP contribution in [0.3, 0.4) is 0 Å². The van der Waals surface area contributed by atoms with Crippen molar-refractivity contribution in [3.8, 4) is 0 Å². The number of benzene rings is 1. The summed E-state index contributed by atoms with van der Waals surface area (Å²) >= 11 is 0. The van der Waals surface area contributed by atoms with Gasteiger partial charge in [-0.15, -0.1) is 0 Å². The lowest BCUT2D eigenvalue weighted by Gasteiger charge is -2.14. The highest BCUT2D eigenvalue weighted by molar-refractivity contribution is 5.88. The van der Waals surface area contributed by atoms with Gasteiger partial charge in [0.2, 0.25) is 5.91 Å². The van der Waals surface area contributed by atoms with Crippen LogP contribution < -0.4 is 5.32 Å². The fourth-order valence-corrected chi connectivity index (χ4v) is 2.29. The lowest BCUT2D eigenvalue weighted by Crippen LogP contribution is -2.36. The van der Waals surface area contributed by atoms with E-state index in [0.717, 1.165) is 22.1 Å². The first-order valence-corrected chi connectivity index (χ1v) is 6.97. The number of carbonyl (C=O) groups excluding carboxylic acids is 1. The number of carboxylic acids is 1. The molecule has 112 valence electrons. The summed E-state index contributed by atoms with van der Waals surface area (Å²) in [6.45, 7) is 3.83. The van der Waals surface area contributed by atoms with Crippen molar-refractivity contribution in [2.24, 2.45) is 0 Å². The number of aryl methyl sites for hydroxylation is 1. The second kappa shape index (κ2) is 6.43. The van der Waals surface area contributed by atoms with E-state index >= 15 is 0 Å². The Balaban J connectivity index is 2.05. The van der Waals surface area contributed by atoms with Crippen LogP contribution in [0.5, 0.6) is 0 Å². The zero-order chi connectivity index (χ0) is 15.4. The Morgan fingerprint density at radius 1 is 1.38 bits per heavy atom. The van der Waals surface area contributed by atoms with Gasteiger partial charge in [-0.25, -0.2) is 0 Å². The van der Waals surface area contributed by atoms with Crippen molar-refractivity contribution in [2.45, 2.75) is 39.2 Å². The molecule has 1 aromatic carbocycles. The van der Waals surface area contributed by atoms with Gasteiger partial charge < -0.3 is 14.8 Å². The van der Waals surface area contributed by atoms with Crippen molar-refractivity contribution in [2.75, 3.05) is 0 Å². The summed E-state index contributed by atoms with van der Waals surface area (Å²) in [5.74, 6) is -1.10. The van der Waals surface area contributed by atoms with E-state index in [-0.39, 0.29) is 24.8 Å². The van der Waals surface area contributed by atoms with Gasteiger partial charge in [-0.1, -0.05) is 19.1 Å². The van der Waals surface area contributed by atoms with Crippen molar-refractivity contribution in [3.63, 3.8) is 0 Å². The van der Waals surface area contributed by atoms with E-state index in [2.05, 4.69) is 5.32 Å². The number of carboxylic acid groups (broad SMARTS) is 1. The first-order valence-electron chi connectivity index (χ1n) is 6.97. The van der Waals surface area contributed by atoms with Gasteiger partial charge in [0.05, 0.1) is 19.1 Å². The molecule has 0 fully saturated rings. The first kappa shape index (κ1) is 15.1. The Hall–Kier alpha value is -2.30. The maximum Gasteiger partial charge on any atom is 0.305 e. The molecule has 21 heavy (non-hydrogen) atoms. The van der Waals surface area contributed by atoms with Crippen LogP contribution in [0.15, 0.2) is 28.9 Å². The molecule has 0 spiro atoms. The SMILES string of the molecule is CCC(CC(=O)O)NC(=O)Cc1coc2cc(C)ccc12. The number of carbonyl (C=O) groups is 2. The first-order chi connectivity index (χ1) is 9.99. The predicted octanol–water partition coefficient (Wildman–Crippen LogP) is 2.65. The minimum absolute atomic E-state index is 0.0619. The Morgan fingerprint density at radius 2 is 2.14 bits per heavy atom. The number of furan rings is 1. The lowest BCUT2D eigenvalue weighted by molar-refractivity contribution is -0.137. The third-order valence-corrected chi connectivity index (χ3v) is 3.44. The molecular weight excluding hydrogens is 270 g/mol. The second-order valence-corrected chi connectivity index (χ2v) is 5.21. The Morgan fingerprint density at radius 3 is 2.81 bits per heavy atom. The van der Waals surface area contributed by atoms with Crippen molar-refractivity contribution in [1.29, 1.82) is 0 Å². The van der Waals surface area contributed by atoms with E-state index in [9.17, 15) is 9.59 Å². The molecule has 5 heteroatoms. The molecule has 1 atom stereocenters. The molecule has 5 nitrogen and oxygen atoms in total. The van der Waals surface area contributed by atoms with Gasteiger partial charge in [0.1, 0.15) is 5.58 Å². The third kappa shape index (κ3) is 3.84. The number of amides is 1. The Kier molecular flexibility index (Phi) is 4.62. The highest BCUT2D eigenvalue weighted by Gasteiger charge is 2.16. The highest BCUT2D eigenvalue weighted by atomic mass is 16.4. The molecule has 0 saturated heterocycles. The largest absolute Gasteiger partial charge is 0.481 e. The minimum Gasteiger partial charge on any atom is -0.481 e. The summed E-state index contributed by atoms with van der Waals surface area (Å²) < 4.78 is 5.45. The zero-order valence-corrected chi connectivity index (χ0v) is 12.2. The molecule has 1 aromatic heterocycles. The number of nitrogens with one attached hydrogen (secondary N) is 1. The van der Waals surface area contributed by atoms with Gasteiger partial charge in [0, 0.05) is 17.0 Å². The Labute approximate surface area is 122 Å². The van der Waals surface area contributed by atoms with Crippen LogP contribution in [-0.2, 0) is 16.0 Å². The van der Waals surface area contributed by atoms with Crippen LogP contribution in [0.4, 0.5) is 0 Å². The topological polar surface area (TPSA) is 79.5 Å². The van der Waals surface area contributed by atoms with Crippen LogP contribution in [0.1, 0.15) is 30.9 Å². The molecule has 0 aliphatic heterocycles. The molecule has 2 rings (SSSR count). The smallest absolute Gasteiger partial charge is 0.305 e. The second-order valence-electron chi connectivity index (χ2n) is 5.21. The average molecular weight is 289 g/mol. The van der Waals surface area contributed by atoms with Crippen molar-refractivity contribution in [3.05, 3.63) is 35.6 Å². The van der Waals surface area contributed by atoms with Gasteiger partial charge in [0.15, 0.2) is 0 Å². The van der Waals surface area contributed by atoms with Gasteiger partial charge in [-0.2, -0.15) is 0 Å². The molecule has 0 aliphatic carbocycles. The summed E-state index contributed by atoms with van der Waals surface area (Å²) in [5.41, 5.74) is 2.67. The van der Waals surface area contributed by atoms with Crippen LogP contribution in [0.25, 0.3) is 11.0 Å². The van der Waals surface area contributed by atoms with Crippen molar-refractivity contribution in [1.82, 2.24) is 5.32 Å². The quantitative estimate of drug-likeness (QED) is 0.856. The number of aliphatic carboxylic acids is 1. The van der Waals surface area contributed by atoms with Crippen LogP contribution in [0.2, 0.25) is 0 Å². The summed E-state index contributed by atoms with van der Waals surface area (Å²) in [5, 5.41) is 12.5. The van der Waals surface area contributed by atoms with Crippen LogP contribution in [0, 0.1) is 6.92 Å². The molecule has 0 aliphatic rings. The number of hydrogen-bond donors (Lipinski definition) is 2. The van der Waals surface area contributed by atoms with Gasteiger partial charge >= 0.3 is 5.97 Å². The average Bonchev–Trinajstić information content (AvgIpc) is 2.79. The molecular formula is C16H19NO4. The molecule has 0 bridgehead atoms. The van der Waals surface area contributed by atoms with Gasteiger partial charge in [-0.05, 0) is 25.0 Å². The molecule has 1 unspecified atom stereocenters. The third-order valence-electron chi connectivity index (χ3n) is 3.44. The predicted molar refractivity (Wildman–Crippen MR) is 79.1 cm³/mol. The summed E-state index contributed by atoms with van der Waals surface area (Å²) in [6, 6.07) is 5.50. The molecule has 2 aromatic rings. The molecule has 0 radical (unpaired) electrons. The molecule has 1 heterocycles. The van der Waals surface area contributed by atoms with E-state index in [0.29, 0.717) is 6.42 Å². The molecule has 0 saturated carbocycles. The standard InChI is InChI=1S/C16H19NO4/c1-3-12(8-16(19)20)17-15(18)7-11-9-21-14-6-10(2)4-5-13(11)14/h4-6,9,12H,3,7-8H2,1-2H3,(H,17,18)(H,19,20). The summed E-state index contributed by atoms with van der Waals surface area (Å²) in [7, 11) is 0. The van der Waals surface area contributed by atoms with E-state index < -0.39 is 5.97 Å². The summed E-state index contributed by atoms with van der Waals surface area (Å²) in [4.78, 5) is 22.7. The van der Waals surface area contributed by atoms with E-state index in [1.54, 1.807) is 6.26 Å². The highest BCUT2D eigenvalue weighted by Crippen LogP contribution is 2.22. The van der Waals surface area contributed by atoms with Crippen molar-refractivity contribution < 1.29 is 19.1 Å². The van der Waals surface area contributed by atoms with Gasteiger partial charge in [-0.3, -0.25) is 9.59 Å². The fourth-order valence-electron chi connectivity index (χ4n) is 2.29. The monoisotopic (exact) mass is 289 g/mol. The van der Waals surface area contributed by atoms with Crippen LogP contribution >= 0.6 is 0 Å².